The molecule has 3 rings (SSSR count). The van der Waals surface area contributed by atoms with Gasteiger partial charge in [-0.2, -0.15) is 0 Å². The molecule has 3 aromatic rings. The van der Waals surface area contributed by atoms with Crippen molar-refractivity contribution in [3.05, 3.63) is 53.5 Å². The average Bonchev–Trinajstić information content (AvgIpc) is 3.19. The average molecular weight is 384 g/mol. The van der Waals surface area contributed by atoms with Crippen LogP contribution in [0.2, 0.25) is 0 Å². The van der Waals surface area contributed by atoms with E-state index in [0.29, 0.717) is 29.5 Å². The summed E-state index contributed by atoms with van der Waals surface area (Å²) in [4.78, 5) is 16.9. The number of hydrogen-bond acceptors (Lipinski definition) is 6. The largest absolute Gasteiger partial charge is 0.497 e. The second-order valence-corrected chi connectivity index (χ2v) is 6.38. The number of carbonyl (C=O) groups is 1. The number of amides is 1. The Kier molecular flexibility index (Phi) is 5.93. The number of ether oxygens (including phenoxy) is 3. The lowest BCUT2D eigenvalue weighted by Crippen LogP contribution is -2.12. The van der Waals surface area contributed by atoms with Crippen LogP contribution in [0.25, 0.3) is 10.6 Å². The third-order valence-electron chi connectivity index (χ3n) is 3.80. The Morgan fingerprint density at radius 1 is 1.07 bits per heavy atom. The van der Waals surface area contributed by atoms with Gasteiger partial charge in [0, 0.05) is 16.6 Å². The first-order valence-corrected chi connectivity index (χ1v) is 9.24. The molecule has 6 nitrogen and oxygen atoms in total. The molecule has 1 aromatic heterocycles. The van der Waals surface area contributed by atoms with Crippen molar-refractivity contribution < 1.29 is 19.0 Å². The van der Waals surface area contributed by atoms with E-state index in [4.69, 9.17) is 14.2 Å². The molecule has 0 aliphatic carbocycles. The quantitative estimate of drug-likeness (QED) is 0.650. The lowest BCUT2D eigenvalue weighted by molar-refractivity contribution is 0.102. The van der Waals surface area contributed by atoms with Gasteiger partial charge in [0.15, 0.2) is 11.5 Å². The fourth-order valence-electron chi connectivity index (χ4n) is 2.46. The number of benzene rings is 2. The summed E-state index contributed by atoms with van der Waals surface area (Å²) >= 11 is 1.40. The van der Waals surface area contributed by atoms with E-state index in [1.165, 1.54) is 11.3 Å². The normalized spacial score (nSPS) is 10.3. The lowest BCUT2D eigenvalue weighted by atomic mass is 10.2. The monoisotopic (exact) mass is 384 g/mol. The molecule has 0 spiro atoms. The summed E-state index contributed by atoms with van der Waals surface area (Å²) in [5, 5.41) is 5.29. The van der Waals surface area contributed by atoms with Crippen LogP contribution in [0.4, 0.5) is 5.69 Å². The van der Waals surface area contributed by atoms with Gasteiger partial charge in [0.25, 0.3) is 5.91 Å². The number of nitrogens with zero attached hydrogens (tertiary/aromatic N) is 1. The van der Waals surface area contributed by atoms with Crippen molar-refractivity contribution in [2.24, 2.45) is 0 Å². The van der Waals surface area contributed by atoms with E-state index in [2.05, 4.69) is 10.3 Å². The molecule has 1 N–H and O–H groups in total. The van der Waals surface area contributed by atoms with Gasteiger partial charge in [-0.3, -0.25) is 4.79 Å². The topological polar surface area (TPSA) is 69.7 Å². The van der Waals surface area contributed by atoms with Gasteiger partial charge in [-0.1, -0.05) is 0 Å². The molecule has 0 saturated carbocycles. The summed E-state index contributed by atoms with van der Waals surface area (Å²) in [5.41, 5.74) is 1.90. The van der Waals surface area contributed by atoms with Crippen LogP contribution in [0.3, 0.4) is 0 Å². The number of anilines is 1. The number of nitrogens with one attached hydrogen (secondary N) is 1. The predicted octanol–water partition coefficient (Wildman–Crippen LogP) is 4.48. The van der Waals surface area contributed by atoms with Crippen molar-refractivity contribution in [1.82, 2.24) is 4.98 Å². The first-order chi connectivity index (χ1) is 13.1. The van der Waals surface area contributed by atoms with Crippen molar-refractivity contribution in [3.63, 3.8) is 0 Å². The van der Waals surface area contributed by atoms with Crippen LogP contribution >= 0.6 is 11.3 Å². The summed E-state index contributed by atoms with van der Waals surface area (Å²) in [7, 11) is 3.19. The number of hydrogen-bond donors (Lipinski definition) is 1. The second-order valence-electron chi connectivity index (χ2n) is 5.52. The Bertz CT molecular complexity index is 922. The van der Waals surface area contributed by atoms with Crippen molar-refractivity contribution in [3.8, 4) is 27.8 Å². The molecule has 0 aliphatic heterocycles. The van der Waals surface area contributed by atoms with Crippen LogP contribution in [-0.4, -0.2) is 31.7 Å². The minimum atomic E-state index is -0.263. The molecule has 7 heteroatoms. The SMILES string of the molecule is CCOc1ccc(-c2nc(C(=O)Nc3ccc(OC)cc3)cs2)cc1OC. The van der Waals surface area contributed by atoms with Crippen LogP contribution in [0, 0.1) is 0 Å². The van der Waals surface area contributed by atoms with Gasteiger partial charge >= 0.3 is 0 Å². The maximum absolute atomic E-state index is 12.4. The molecule has 0 fully saturated rings. The third kappa shape index (κ3) is 4.38. The lowest BCUT2D eigenvalue weighted by Gasteiger charge is -2.09. The molecule has 0 atom stereocenters. The van der Waals surface area contributed by atoms with Crippen LogP contribution in [0.1, 0.15) is 17.4 Å². The van der Waals surface area contributed by atoms with Crippen molar-refractivity contribution in [2.75, 3.05) is 26.1 Å². The fourth-order valence-corrected chi connectivity index (χ4v) is 3.25. The number of methoxy groups -OCH3 is 2. The Balaban J connectivity index is 1.76. The molecular weight excluding hydrogens is 364 g/mol. The maximum Gasteiger partial charge on any atom is 0.275 e. The smallest absolute Gasteiger partial charge is 0.275 e. The Morgan fingerprint density at radius 2 is 1.85 bits per heavy atom. The molecule has 140 valence electrons. The van der Waals surface area contributed by atoms with E-state index >= 15 is 0 Å². The van der Waals surface area contributed by atoms with E-state index < -0.39 is 0 Å². The fraction of sp³-hybridized carbons (Fsp3) is 0.200. The molecule has 0 aliphatic rings. The maximum atomic E-state index is 12.4. The zero-order valence-electron chi connectivity index (χ0n) is 15.3. The standard InChI is InChI=1S/C20H20N2O4S/c1-4-26-17-10-5-13(11-18(17)25-3)20-22-16(12-27-20)19(23)21-14-6-8-15(24-2)9-7-14/h5-12H,4H2,1-3H3,(H,21,23). The highest BCUT2D eigenvalue weighted by Gasteiger charge is 2.14. The van der Waals surface area contributed by atoms with Crippen LogP contribution < -0.4 is 19.5 Å². The summed E-state index contributed by atoms with van der Waals surface area (Å²) in [6.07, 6.45) is 0. The van der Waals surface area contributed by atoms with Crippen molar-refractivity contribution in [2.45, 2.75) is 6.92 Å². The zero-order chi connectivity index (χ0) is 19.2. The van der Waals surface area contributed by atoms with Gasteiger partial charge in [-0.15, -0.1) is 11.3 Å². The second kappa shape index (κ2) is 8.55. The Labute approximate surface area is 161 Å². The van der Waals surface area contributed by atoms with Crippen molar-refractivity contribution >= 4 is 22.9 Å². The minimum absolute atomic E-state index is 0.263. The molecule has 0 radical (unpaired) electrons. The molecular formula is C20H20N2O4S. The molecule has 0 bridgehead atoms. The van der Waals surface area contributed by atoms with Crippen LogP contribution in [0.15, 0.2) is 47.8 Å². The van der Waals surface area contributed by atoms with E-state index in [0.717, 1.165) is 16.3 Å². The van der Waals surface area contributed by atoms with Gasteiger partial charge in [-0.05, 0) is 49.4 Å². The van der Waals surface area contributed by atoms with Gasteiger partial charge in [0.2, 0.25) is 0 Å². The molecule has 2 aromatic carbocycles. The number of aromatic nitrogens is 1. The highest BCUT2D eigenvalue weighted by Crippen LogP contribution is 2.33. The van der Waals surface area contributed by atoms with Gasteiger partial charge < -0.3 is 19.5 Å². The number of carbonyl (C=O) groups excluding carboxylic acids is 1. The molecule has 1 amide bonds. The Hall–Kier alpha value is -3.06. The first kappa shape index (κ1) is 18.7. The van der Waals surface area contributed by atoms with E-state index in [-0.39, 0.29) is 5.91 Å². The molecule has 0 saturated heterocycles. The van der Waals surface area contributed by atoms with Crippen LogP contribution in [0.5, 0.6) is 17.2 Å². The highest BCUT2D eigenvalue weighted by atomic mass is 32.1. The zero-order valence-corrected chi connectivity index (χ0v) is 16.1. The first-order valence-electron chi connectivity index (χ1n) is 8.36. The van der Waals surface area contributed by atoms with Gasteiger partial charge in [0.05, 0.1) is 20.8 Å². The van der Waals surface area contributed by atoms with E-state index in [1.807, 2.05) is 25.1 Å². The summed E-state index contributed by atoms with van der Waals surface area (Å²) < 4.78 is 16.0. The highest BCUT2D eigenvalue weighted by molar-refractivity contribution is 7.13. The molecule has 1 heterocycles. The Morgan fingerprint density at radius 3 is 2.52 bits per heavy atom. The van der Waals surface area contributed by atoms with Crippen LogP contribution in [-0.2, 0) is 0 Å². The molecule has 0 unspecified atom stereocenters. The number of rotatable bonds is 7. The summed E-state index contributed by atoms with van der Waals surface area (Å²) in [6, 6.07) is 12.7. The third-order valence-corrected chi connectivity index (χ3v) is 4.69. The van der Waals surface area contributed by atoms with Gasteiger partial charge in [-0.25, -0.2) is 4.98 Å². The van der Waals surface area contributed by atoms with E-state index in [9.17, 15) is 4.79 Å². The number of thiazole rings is 1. The predicted molar refractivity (Wildman–Crippen MR) is 106 cm³/mol. The van der Waals surface area contributed by atoms with Gasteiger partial charge in [0.1, 0.15) is 16.5 Å². The minimum Gasteiger partial charge on any atom is -0.497 e. The summed E-state index contributed by atoms with van der Waals surface area (Å²) in [6.45, 7) is 2.48. The van der Waals surface area contributed by atoms with E-state index in [1.54, 1.807) is 43.9 Å². The molecule has 27 heavy (non-hydrogen) atoms. The summed E-state index contributed by atoms with van der Waals surface area (Å²) in [5.74, 6) is 1.78. The van der Waals surface area contributed by atoms with Crippen molar-refractivity contribution in [1.29, 1.82) is 0 Å².